The summed E-state index contributed by atoms with van der Waals surface area (Å²) in [4.78, 5) is 6.84. The van der Waals surface area contributed by atoms with Gasteiger partial charge in [-0.3, -0.25) is 0 Å². The Bertz CT molecular complexity index is 778. The molecule has 2 aromatic heterocycles. The SMILES string of the molecule is c1ccc2c(CNc3ccc(N4CCOCC4)nc3)csc2c1. The van der Waals surface area contributed by atoms with Crippen molar-refractivity contribution in [2.75, 3.05) is 36.5 Å². The first kappa shape index (κ1) is 14.5. The molecular weight excluding hydrogens is 306 g/mol. The van der Waals surface area contributed by atoms with Crippen LogP contribution in [0.25, 0.3) is 10.1 Å². The zero-order valence-electron chi connectivity index (χ0n) is 12.9. The largest absolute Gasteiger partial charge is 0.380 e. The second-order valence-electron chi connectivity index (χ2n) is 5.62. The molecule has 5 heteroatoms. The summed E-state index contributed by atoms with van der Waals surface area (Å²) in [7, 11) is 0. The molecule has 4 nitrogen and oxygen atoms in total. The van der Waals surface area contributed by atoms with Crippen LogP contribution in [0.1, 0.15) is 5.56 Å². The van der Waals surface area contributed by atoms with E-state index in [9.17, 15) is 0 Å². The summed E-state index contributed by atoms with van der Waals surface area (Å²) in [6.45, 7) is 4.23. The zero-order valence-corrected chi connectivity index (χ0v) is 13.7. The normalized spacial score (nSPS) is 15.0. The number of fused-ring (bicyclic) bond motifs is 1. The molecule has 23 heavy (non-hydrogen) atoms. The topological polar surface area (TPSA) is 37.4 Å². The van der Waals surface area contributed by atoms with E-state index in [0.717, 1.165) is 44.4 Å². The van der Waals surface area contributed by atoms with Crippen molar-refractivity contribution in [3.05, 3.63) is 53.5 Å². The molecule has 1 aliphatic heterocycles. The lowest BCUT2D eigenvalue weighted by Crippen LogP contribution is -2.36. The minimum Gasteiger partial charge on any atom is -0.380 e. The summed E-state index contributed by atoms with van der Waals surface area (Å²) >= 11 is 1.80. The molecule has 0 unspecified atom stereocenters. The number of hydrogen-bond acceptors (Lipinski definition) is 5. The monoisotopic (exact) mass is 325 g/mol. The van der Waals surface area contributed by atoms with Crippen molar-refractivity contribution < 1.29 is 4.74 Å². The van der Waals surface area contributed by atoms with E-state index < -0.39 is 0 Å². The van der Waals surface area contributed by atoms with Crippen LogP contribution in [-0.4, -0.2) is 31.3 Å². The highest BCUT2D eigenvalue weighted by atomic mass is 32.1. The fourth-order valence-corrected chi connectivity index (χ4v) is 3.80. The van der Waals surface area contributed by atoms with Crippen molar-refractivity contribution in [3.8, 4) is 0 Å². The first-order valence-electron chi connectivity index (χ1n) is 7.88. The zero-order chi connectivity index (χ0) is 15.5. The Kier molecular flexibility index (Phi) is 4.13. The van der Waals surface area contributed by atoms with Crippen molar-refractivity contribution in [3.63, 3.8) is 0 Å². The molecule has 4 rings (SSSR count). The first-order chi connectivity index (χ1) is 11.4. The molecule has 118 valence electrons. The van der Waals surface area contributed by atoms with Crippen LogP contribution in [0, 0.1) is 0 Å². The Morgan fingerprint density at radius 1 is 1.13 bits per heavy atom. The van der Waals surface area contributed by atoms with E-state index in [2.05, 4.69) is 57.0 Å². The summed E-state index contributed by atoms with van der Waals surface area (Å²) < 4.78 is 6.72. The average Bonchev–Trinajstić information content (AvgIpc) is 3.04. The molecule has 0 atom stereocenters. The van der Waals surface area contributed by atoms with Crippen molar-refractivity contribution in [2.45, 2.75) is 6.54 Å². The van der Waals surface area contributed by atoms with Crippen LogP contribution in [0.2, 0.25) is 0 Å². The quantitative estimate of drug-likeness (QED) is 0.793. The predicted octanol–water partition coefficient (Wildman–Crippen LogP) is 3.75. The number of thiophene rings is 1. The highest BCUT2D eigenvalue weighted by molar-refractivity contribution is 7.17. The number of ether oxygens (including phenoxy) is 1. The third kappa shape index (κ3) is 3.16. The third-order valence-electron chi connectivity index (χ3n) is 4.13. The van der Waals surface area contributed by atoms with Gasteiger partial charge < -0.3 is 15.0 Å². The molecule has 1 aliphatic rings. The van der Waals surface area contributed by atoms with E-state index >= 15 is 0 Å². The summed E-state index contributed by atoms with van der Waals surface area (Å²) in [6.07, 6.45) is 1.92. The number of pyridine rings is 1. The summed E-state index contributed by atoms with van der Waals surface area (Å²) in [5, 5.41) is 7.04. The Morgan fingerprint density at radius 3 is 2.83 bits per heavy atom. The standard InChI is InChI=1S/C18H19N3OS/c1-2-4-17-16(3-1)14(13-23-17)11-19-15-5-6-18(20-12-15)21-7-9-22-10-8-21/h1-6,12-13,19H,7-11H2. The molecule has 3 aromatic rings. The number of morpholine rings is 1. The van der Waals surface area contributed by atoms with E-state index in [1.165, 1.54) is 15.6 Å². The van der Waals surface area contributed by atoms with Gasteiger partial charge in [0.15, 0.2) is 0 Å². The Labute approximate surface area is 139 Å². The van der Waals surface area contributed by atoms with Gasteiger partial charge in [-0.1, -0.05) is 18.2 Å². The highest BCUT2D eigenvalue weighted by Gasteiger charge is 2.12. The number of nitrogens with one attached hydrogen (secondary N) is 1. The van der Waals surface area contributed by atoms with Crippen molar-refractivity contribution >= 4 is 32.9 Å². The highest BCUT2D eigenvalue weighted by Crippen LogP contribution is 2.26. The van der Waals surface area contributed by atoms with Gasteiger partial charge in [-0.05, 0) is 34.5 Å². The number of rotatable bonds is 4. The van der Waals surface area contributed by atoms with Crippen molar-refractivity contribution in [2.24, 2.45) is 0 Å². The van der Waals surface area contributed by atoms with Crippen LogP contribution in [-0.2, 0) is 11.3 Å². The Hall–Kier alpha value is -2.11. The number of hydrogen-bond donors (Lipinski definition) is 1. The smallest absolute Gasteiger partial charge is 0.128 e. The van der Waals surface area contributed by atoms with Gasteiger partial charge in [0, 0.05) is 24.3 Å². The van der Waals surface area contributed by atoms with Crippen molar-refractivity contribution in [1.29, 1.82) is 0 Å². The molecule has 1 saturated heterocycles. The van der Waals surface area contributed by atoms with Crippen LogP contribution in [0.4, 0.5) is 11.5 Å². The summed E-state index contributed by atoms with van der Waals surface area (Å²) in [5.74, 6) is 1.03. The molecule has 1 aromatic carbocycles. The van der Waals surface area contributed by atoms with Gasteiger partial charge in [0.25, 0.3) is 0 Å². The maximum absolute atomic E-state index is 5.38. The van der Waals surface area contributed by atoms with Crippen LogP contribution < -0.4 is 10.2 Å². The van der Waals surface area contributed by atoms with E-state index in [-0.39, 0.29) is 0 Å². The number of benzene rings is 1. The fourth-order valence-electron chi connectivity index (χ4n) is 2.84. The van der Waals surface area contributed by atoms with Crippen LogP contribution in [0.15, 0.2) is 48.0 Å². The number of nitrogens with zero attached hydrogens (tertiary/aromatic N) is 2. The second kappa shape index (κ2) is 6.56. The fraction of sp³-hybridized carbons (Fsp3) is 0.278. The lowest BCUT2D eigenvalue weighted by atomic mass is 10.2. The summed E-state index contributed by atoms with van der Waals surface area (Å²) in [6, 6.07) is 12.7. The van der Waals surface area contributed by atoms with Crippen LogP contribution in [0.5, 0.6) is 0 Å². The van der Waals surface area contributed by atoms with Gasteiger partial charge in [0.05, 0.1) is 25.1 Å². The molecule has 0 spiro atoms. The third-order valence-corrected chi connectivity index (χ3v) is 5.14. The molecule has 0 aliphatic carbocycles. The molecule has 0 saturated carbocycles. The van der Waals surface area contributed by atoms with Crippen molar-refractivity contribution in [1.82, 2.24) is 4.98 Å². The van der Waals surface area contributed by atoms with Gasteiger partial charge >= 0.3 is 0 Å². The second-order valence-corrected chi connectivity index (χ2v) is 6.53. The van der Waals surface area contributed by atoms with Crippen LogP contribution in [0.3, 0.4) is 0 Å². The van der Waals surface area contributed by atoms with Gasteiger partial charge in [-0.15, -0.1) is 11.3 Å². The molecule has 0 radical (unpaired) electrons. The maximum atomic E-state index is 5.38. The van der Waals surface area contributed by atoms with E-state index in [4.69, 9.17) is 4.74 Å². The summed E-state index contributed by atoms with van der Waals surface area (Å²) in [5.41, 5.74) is 2.39. The number of aromatic nitrogens is 1. The van der Waals surface area contributed by atoms with Gasteiger partial charge in [-0.25, -0.2) is 4.98 Å². The minimum atomic E-state index is 0.785. The van der Waals surface area contributed by atoms with E-state index in [1.54, 1.807) is 11.3 Å². The first-order valence-corrected chi connectivity index (χ1v) is 8.76. The minimum absolute atomic E-state index is 0.785. The molecule has 1 N–H and O–H groups in total. The van der Waals surface area contributed by atoms with Crippen LogP contribution >= 0.6 is 11.3 Å². The Morgan fingerprint density at radius 2 is 2.00 bits per heavy atom. The molecule has 3 heterocycles. The molecule has 0 amide bonds. The van der Waals surface area contributed by atoms with Gasteiger partial charge in [-0.2, -0.15) is 0 Å². The average molecular weight is 325 g/mol. The maximum Gasteiger partial charge on any atom is 0.128 e. The molecule has 1 fully saturated rings. The van der Waals surface area contributed by atoms with Gasteiger partial charge in [0.1, 0.15) is 5.82 Å². The Balaban J connectivity index is 1.43. The molecular formula is C18H19N3OS. The molecule has 0 bridgehead atoms. The van der Waals surface area contributed by atoms with Gasteiger partial charge in [0.2, 0.25) is 0 Å². The number of anilines is 2. The predicted molar refractivity (Wildman–Crippen MR) is 96.4 cm³/mol. The lowest BCUT2D eigenvalue weighted by molar-refractivity contribution is 0.122. The van der Waals surface area contributed by atoms with E-state index in [1.807, 2.05) is 6.20 Å². The lowest BCUT2D eigenvalue weighted by Gasteiger charge is -2.27. The van der Waals surface area contributed by atoms with E-state index in [0.29, 0.717) is 0 Å².